The Morgan fingerprint density at radius 3 is 2.18 bits per heavy atom. The molecule has 0 aliphatic rings. The average Bonchev–Trinajstić information content (AvgIpc) is 2.12. The van der Waals surface area contributed by atoms with Crippen LogP contribution in [0.4, 0.5) is 24.5 Å². The van der Waals surface area contributed by atoms with Crippen molar-refractivity contribution in [1.82, 2.24) is 0 Å². The van der Waals surface area contributed by atoms with Crippen LogP contribution in [-0.4, -0.2) is 6.54 Å². The van der Waals surface area contributed by atoms with Crippen LogP contribution in [0.5, 0.6) is 0 Å². The molecule has 0 heterocycles. The molecule has 0 unspecified atom stereocenters. The molecule has 1 aromatic carbocycles. The maximum Gasteiger partial charge on any atom is 0.416 e. The normalized spacial score (nSPS) is 12.6. The van der Waals surface area contributed by atoms with Crippen LogP contribution in [0.25, 0.3) is 0 Å². The Labute approximate surface area is 99.0 Å². The van der Waals surface area contributed by atoms with Gasteiger partial charge < -0.3 is 11.1 Å². The van der Waals surface area contributed by atoms with Crippen LogP contribution in [0.3, 0.4) is 0 Å². The van der Waals surface area contributed by atoms with Crippen molar-refractivity contribution < 1.29 is 13.2 Å². The molecule has 0 radical (unpaired) electrons. The summed E-state index contributed by atoms with van der Waals surface area (Å²) >= 11 is 0. The van der Waals surface area contributed by atoms with Crippen molar-refractivity contribution in [2.75, 3.05) is 17.6 Å². The van der Waals surface area contributed by atoms with Crippen LogP contribution in [0.2, 0.25) is 0 Å². The van der Waals surface area contributed by atoms with Gasteiger partial charge in [-0.15, -0.1) is 0 Å². The lowest BCUT2D eigenvalue weighted by Gasteiger charge is -2.21. The van der Waals surface area contributed by atoms with Crippen LogP contribution < -0.4 is 11.1 Å². The molecule has 17 heavy (non-hydrogen) atoms. The Hall–Kier alpha value is -1.39. The van der Waals surface area contributed by atoms with Crippen LogP contribution in [0, 0.1) is 5.41 Å². The second kappa shape index (κ2) is 4.47. The number of hydrogen-bond donors (Lipinski definition) is 2. The molecular formula is C12H17F3N2. The van der Waals surface area contributed by atoms with E-state index in [2.05, 4.69) is 5.32 Å². The summed E-state index contributed by atoms with van der Waals surface area (Å²) in [5, 5.41) is 3.04. The highest BCUT2D eigenvalue weighted by Gasteiger charge is 2.30. The van der Waals surface area contributed by atoms with Crippen molar-refractivity contribution in [1.29, 1.82) is 0 Å². The van der Waals surface area contributed by atoms with E-state index in [1.807, 2.05) is 20.8 Å². The zero-order chi connectivity index (χ0) is 13.3. The van der Waals surface area contributed by atoms with Gasteiger partial charge in [-0.2, -0.15) is 13.2 Å². The standard InChI is InChI=1S/C12H17F3N2/c1-11(2,3)7-17-10-5-4-8(6-9(10)16)12(13,14)15/h4-6,17H,7,16H2,1-3H3. The predicted molar refractivity (Wildman–Crippen MR) is 63.8 cm³/mol. The summed E-state index contributed by atoms with van der Waals surface area (Å²) in [6.45, 7) is 6.73. The van der Waals surface area contributed by atoms with Crippen molar-refractivity contribution in [2.24, 2.45) is 5.41 Å². The first kappa shape index (κ1) is 13.7. The summed E-state index contributed by atoms with van der Waals surface area (Å²) in [5.74, 6) is 0. The monoisotopic (exact) mass is 246 g/mol. The van der Waals surface area contributed by atoms with E-state index in [1.54, 1.807) is 0 Å². The lowest BCUT2D eigenvalue weighted by Crippen LogP contribution is -2.19. The molecular weight excluding hydrogens is 229 g/mol. The zero-order valence-corrected chi connectivity index (χ0v) is 10.2. The molecule has 0 amide bonds. The SMILES string of the molecule is CC(C)(C)CNc1ccc(C(F)(F)F)cc1N. The van der Waals surface area contributed by atoms with E-state index in [0.29, 0.717) is 12.2 Å². The topological polar surface area (TPSA) is 38.0 Å². The van der Waals surface area contributed by atoms with Gasteiger partial charge in [-0.25, -0.2) is 0 Å². The van der Waals surface area contributed by atoms with Crippen molar-refractivity contribution in [3.8, 4) is 0 Å². The van der Waals surface area contributed by atoms with E-state index in [9.17, 15) is 13.2 Å². The van der Waals surface area contributed by atoms with Crippen molar-refractivity contribution >= 4 is 11.4 Å². The number of hydrogen-bond acceptors (Lipinski definition) is 2. The number of benzene rings is 1. The number of nitrogens with two attached hydrogens (primary N) is 1. The molecule has 0 fully saturated rings. The minimum Gasteiger partial charge on any atom is -0.397 e. The highest BCUT2D eigenvalue weighted by atomic mass is 19.4. The fourth-order valence-corrected chi connectivity index (χ4v) is 1.26. The quantitative estimate of drug-likeness (QED) is 0.780. The number of nitrogens with one attached hydrogen (secondary N) is 1. The van der Waals surface area contributed by atoms with E-state index in [-0.39, 0.29) is 11.1 Å². The summed E-state index contributed by atoms with van der Waals surface area (Å²) < 4.78 is 37.2. The number of halogens is 3. The molecule has 0 atom stereocenters. The van der Waals surface area contributed by atoms with E-state index in [1.165, 1.54) is 6.07 Å². The molecule has 96 valence electrons. The van der Waals surface area contributed by atoms with Crippen LogP contribution in [-0.2, 0) is 6.18 Å². The Bertz CT molecular complexity index is 392. The molecule has 0 aromatic heterocycles. The molecule has 0 saturated heterocycles. The summed E-state index contributed by atoms with van der Waals surface area (Å²) in [6.07, 6.45) is -4.35. The average molecular weight is 246 g/mol. The Kier molecular flexibility index (Phi) is 3.59. The Morgan fingerprint density at radius 2 is 1.76 bits per heavy atom. The largest absolute Gasteiger partial charge is 0.416 e. The van der Waals surface area contributed by atoms with Gasteiger partial charge in [0.15, 0.2) is 0 Å². The minimum absolute atomic E-state index is 0.0368. The van der Waals surface area contributed by atoms with E-state index in [4.69, 9.17) is 5.73 Å². The van der Waals surface area contributed by atoms with Gasteiger partial charge in [0.25, 0.3) is 0 Å². The third kappa shape index (κ3) is 4.17. The maximum absolute atomic E-state index is 12.4. The van der Waals surface area contributed by atoms with Gasteiger partial charge in [-0.1, -0.05) is 20.8 Å². The second-order valence-corrected chi connectivity index (χ2v) is 5.21. The third-order valence-electron chi connectivity index (χ3n) is 2.19. The minimum atomic E-state index is -4.35. The van der Waals surface area contributed by atoms with Crippen LogP contribution >= 0.6 is 0 Å². The maximum atomic E-state index is 12.4. The van der Waals surface area contributed by atoms with Gasteiger partial charge in [0.2, 0.25) is 0 Å². The Morgan fingerprint density at radius 1 is 1.18 bits per heavy atom. The van der Waals surface area contributed by atoms with E-state index in [0.717, 1.165) is 12.1 Å². The molecule has 0 saturated carbocycles. The second-order valence-electron chi connectivity index (χ2n) is 5.21. The molecule has 0 spiro atoms. The lowest BCUT2D eigenvalue weighted by molar-refractivity contribution is -0.137. The van der Waals surface area contributed by atoms with Crippen LogP contribution in [0.15, 0.2) is 18.2 Å². The number of nitrogen functional groups attached to an aromatic ring is 1. The molecule has 0 aliphatic carbocycles. The Balaban J connectivity index is 2.84. The smallest absolute Gasteiger partial charge is 0.397 e. The van der Waals surface area contributed by atoms with E-state index >= 15 is 0 Å². The van der Waals surface area contributed by atoms with Crippen molar-refractivity contribution in [3.63, 3.8) is 0 Å². The predicted octanol–water partition coefficient (Wildman–Crippen LogP) is 3.75. The molecule has 3 N–H and O–H groups in total. The van der Waals surface area contributed by atoms with Gasteiger partial charge in [0, 0.05) is 6.54 Å². The molecule has 1 aromatic rings. The summed E-state index contributed by atoms with van der Waals surface area (Å²) in [4.78, 5) is 0. The van der Waals surface area contributed by atoms with Gasteiger partial charge in [0.1, 0.15) is 0 Å². The molecule has 0 aliphatic heterocycles. The molecule has 1 rings (SSSR count). The number of anilines is 2. The zero-order valence-electron chi connectivity index (χ0n) is 10.2. The highest BCUT2D eigenvalue weighted by Crippen LogP contribution is 2.33. The molecule has 5 heteroatoms. The van der Waals surface area contributed by atoms with Gasteiger partial charge in [-0.05, 0) is 23.6 Å². The summed E-state index contributed by atoms with van der Waals surface area (Å²) in [5.41, 5.74) is 5.55. The first-order valence-corrected chi connectivity index (χ1v) is 5.30. The number of alkyl halides is 3. The molecule has 0 bridgehead atoms. The molecule has 2 nitrogen and oxygen atoms in total. The third-order valence-corrected chi connectivity index (χ3v) is 2.19. The van der Waals surface area contributed by atoms with Gasteiger partial charge >= 0.3 is 6.18 Å². The van der Waals surface area contributed by atoms with E-state index < -0.39 is 11.7 Å². The highest BCUT2D eigenvalue weighted by molar-refractivity contribution is 5.67. The van der Waals surface area contributed by atoms with Gasteiger partial charge in [0.05, 0.1) is 16.9 Å². The fraction of sp³-hybridized carbons (Fsp3) is 0.500. The van der Waals surface area contributed by atoms with Crippen molar-refractivity contribution in [2.45, 2.75) is 26.9 Å². The summed E-state index contributed by atoms with van der Waals surface area (Å²) in [7, 11) is 0. The van der Waals surface area contributed by atoms with Crippen molar-refractivity contribution in [3.05, 3.63) is 23.8 Å². The number of rotatable bonds is 2. The lowest BCUT2D eigenvalue weighted by atomic mass is 9.97. The summed E-state index contributed by atoms with van der Waals surface area (Å²) in [6, 6.07) is 3.34. The first-order valence-electron chi connectivity index (χ1n) is 5.30. The van der Waals surface area contributed by atoms with Gasteiger partial charge in [-0.3, -0.25) is 0 Å². The first-order chi connectivity index (χ1) is 7.59. The van der Waals surface area contributed by atoms with Crippen LogP contribution in [0.1, 0.15) is 26.3 Å². The fourth-order valence-electron chi connectivity index (χ4n) is 1.26.